The molecule has 1 atom stereocenters. The van der Waals surface area contributed by atoms with E-state index >= 15 is 0 Å². The summed E-state index contributed by atoms with van der Waals surface area (Å²) in [5.41, 5.74) is 9.22. The lowest BCUT2D eigenvalue weighted by Crippen LogP contribution is -2.22. The number of carbonyl (C=O) groups is 1. The largest absolute Gasteiger partial charge is 0.496 e. The average molecular weight is 577 g/mol. The molecule has 0 spiro atoms. The van der Waals surface area contributed by atoms with E-state index < -0.39 is 5.60 Å². The second-order valence-corrected chi connectivity index (χ2v) is 14.1. The second-order valence-electron chi connectivity index (χ2n) is 14.1. The normalized spacial score (nSPS) is 16.0. The van der Waals surface area contributed by atoms with Crippen molar-refractivity contribution >= 4 is 5.78 Å². The van der Waals surface area contributed by atoms with Crippen LogP contribution in [0.1, 0.15) is 137 Å². The van der Waals surface area contributed by atoms with Gasteiger partial charge in [0.15, 0.2) is 5.78 Å². The molecule has 232 valence electrons. The molecule has 4 nitrogen and oxygen atoms in total. The van der Waals surface area contributed by atoms with Gasteiger partial charge in [0, 0.05) is 12.0 Å². The van der Waals surface area contributed by atoms with Crippen LogP contribution in [0.5, 0.6) is 11.5 Å². The highest BCUT2D eigenvalue weighted by Gasteiger charge is 2.33. The van der Waals surface area contributed by atoms with Gasteiger partial charge in [-0.2, -0.15) is 0 Å². The van der Waals surface area contributed by atoms with Crippen molar-refractivity contribution < 1.29 is 19.4 Å². The predicted octanol–water partition coefficient (Wildman–Crippen LogP) is 9.15. The van der Waals surface area contributed by atoms with Gasteiger partial charge in [0.05, 0.1) is 25.4 Å². The Morgan fingerprint density at radius 1 is 0.976 bits per heavy atom. The molecule has 42 heavy (non-hydrogen) atoms. The highest BCUT2D eigenvalue weighted by Crippen LogP contribution is 2.44. The van der Waals surface area contributed by atoms with E-state index in [9.17, 15) is 9.90 Å². The first kappa shape index (κ1) is 33.9. The van der Waals surface area contributed by atoms with E-state index in [1.807, 2.05) is 13.8 Å². The van der Waals surface area contributed by atoms with Crippen molar-refractivity contribution in [3.63, 3.8) is 0 Å². The van der Waals surface area contributed by atoms with Gasteiger partial charge in [-0.05, 0) is 124 Å². The van der Waals surface area contributed by atoms with Gasteiger partial charge in [-0.1, -0.05) is 58.4 Å². The Kier molecular flexibility index (Phi) is 11.5. The maximum absolute atomic E-state index is 13.9. The SMILES string of the molecule is CCc1ccc([C@@H]2CC(=O)c3c(cc(OC)c(CCC(C)(C)C)c3OC)C2)c(C/C=C(\C)CCCC(C)(C)O)c1CC. The quantitative estimate of drug-likeness (QED) is 0.242. The summed E-state index contributed by atoms with van der Waals surface area (Å²) in [5.74, 6) is 1.82. The van der Waals surface area contributed by atoms with E-state index in [4.69, 9.17) is 9.47 Å². The lowest BCUT2D eigenvalue weighted by molar-refractivity contribution is 0.0689. The van der Waals surface area contributed by atoms with Crippen LogP contribution in [0.25, 0.3) is 0 Å². The van der Waals surface area contributed by atoms with Gasteiger partial charge in [0.1, 0.15) is 11.5 Å². The fourth-order valence-corrected chi connectivity index (χ4v) is 6.55. The van der Waals surface area contributed by atoms with Gasteiger partial charge in [0.25, 0.3) is 0 Å². The Labute approximate surface area is 255 Å². The summed E-state index contributed by atoms with van der Waals surface area (Å²) in [4.78, 5) is 13.9. The first-order valence-corrected chi connectivity index (χ1v) is 16.0. The van der Waals surface area contributed by atoms with E-state index in [0.29, 0.717) is 12.2 Å². The minimum atomic E-state index is -0.624. The van der Waals surface area contributed by atoms with Gasteiger partial charge in [-0.15, -0.1) is 0 Å². The minimum absolute atomic E-state index is 0.120. The van der Waals surface area contributed by atoms with Crippen LogP contribution in [0.2, 0.25) is 0 Å². The summed E-state index contributed by atoms with van der Waals surface area (Å²) in [6, 6.07) is 6.68. The summed E-state index contributed by atoms with van der Waals surface area (Å²) in [7, 11) is 3.40. The number of benzene rings is 2. The Balaban J connectivity index is 2.01. The molecule has 0 bridgehead atoms. The van der Waals surface area contributed by atoms with Crippen molar-refractivity contribution in [2.24, 2.45) is 5.41 Å². The number of aryl methyl sites for hydroxylation is 1. The summed E-state index contributed by atoms with van der Waals surface area (Å²) in [5, 5.41) is 10.1. The maximum Gasteiger partial charge on any atom is 0.167 e. The standard InChI is InChI=1S/C38H56O4/c1-11-26-16-18-30(31(29(26)12-2)17-15-25(3)14-13-20-38(7,8)40)27-22-28-24-34(41-9)32(19-21-37(4,5)6)36(42-10)35(28)33(39)23-27/h15-16,18,24,27,40H,11-14,17,19-23H2,1-10H3/b25-15+/t27-/m0/s1. The van der Waals surface area contributed by atoms with Crippen molar-refractivity contribution in [3.05, 3.63) is 68.8 Å². The fourth-order valence-electron chi connectivity index (χ4n) is 6.55. The van der Waals surface area contributed by atoms with E-state index in [2.05, 4.69) is 65.8 Å². The highest BCUT2D eigenvalue weighted by atomic mass is 16.5. The average Bonchev–Trinajstić information content (AvgIpc) is 2.92. The molecular formula is C38H56O4. The third-order valence-electron chi connectivity index (χ3n) is 8.90. The zero-order valence-electron chi connectivity index (χ0n) is 28.1. The Bertz CT molecular complexity index is 1270. The van der Waals surface area contributed by atoms with Crippen LogP contribution in [-0.2, 0) is 32.1 Å². The highest BCUT2D eigenvalue weighted by molar-refractivity contribution is 6.02. The number of hydrogen-bond acceptors (Lipinski definition) is 4. The van der Waals surface area contributed by atoms with Crippen molar-refractivity contribution in [1.82, 2.24) is 0 Å². The lowest BCUT2D eigenvalue weighted by atomic mass is 9.75. The molecule has 0 saturated carbocycles. The van der Waals surface area contributed by atoms with Gasteiger partial charge in [-0.25, -0.2) is 0 Å². The third kappa shape index (κ3) is 8.49. The fraction of sp³-hybridized carbons (Fsp3) is 0.605. The molecule has 2 aromatic rings. The molecule has 3 rings (SSSR count). The van der Waals surface area contributed by atoms with Gasteiger partial charge in [0.2, 0.25) is 0 Å². The molecule has 0 saturated heterocycles. The molecule has 1 N–H and O–H groups in total. The number of Topliss-reactive ketones (excluding diaryl/α,β-unsaturated/α-hetero) is 1. The zero-order chi connectivity index (χ0) is 31.2. The molecule has 0 heterocycles. The molecule has 0 fully saturated rings. The summed E-state index contributed by atoms with van der Waals surface area (Å²) in [6.07, 6.45) is 11.1. The lowest BCUT2D eigenvalue weighted by Gasteiger charge is -2.30. The summed E-state index contributed by atoms with van der Waals surface area (Å²) in [6.45, 7) is 17.1. The number of fused-ring (bicyclic) bond motifs is 1. The van der Waals surface area contributed by atoms with Crippen LogP contribution in [-0.4, -0.2) is 30.7 Å². The monoisotopic (exact) mass is 576 g/mol. The third-order valence-corrected chi connectivity index (χ3v) is 8.90. The molecule has 1 aliphatic rings. The van der Waals surface area contributed by atoms with E-state index in [0.717, 1.165) is 80.2 Å². The van der Waals surface area contributed by atoms with E-state index in [1.54, 1.807) is 14.2 Å². The first-order chi connectivity index (χ1) is 19.7. The number of aliphatic hydroxyl groups is 1. The molecule has 0 radical (unpaired) electrons. The molecule has 4 heteroatoms. The zero-order valence-corrected chi connectivity index (χ0v) is 28.1. The topological polar surface area (TPSA) is 55.8 Å². The number of ketones is 1. The smallest absolute Gasteiger partial charge is 0.167 e. The van der Waals surface area contributed by atoms with Gasteiger partial charge >= 0.3 is 0 Å². The number of rotatable bonds is 13. The number of hydrogen-bond donors (Lipinski definition) is 1. The molecule has 1 aliphatic carbocycles. The number of ether oxygens (including phenoxy) is 2. The minimum Gasteiger partial charge on any atom is -0.496 e. The predicted molar refractivity (Wildman–Crippen MR) is 176 cm³/mol. The molecule has 0 unspecified atom stereocenters. The van der Waals surface area contributed by atoms with Crippen molar-refractivity contribution in [2.45, 2.75) is 131 Å². The summed E-state index contributed by atoms with van der Waals surface area (Å²) >= 11 is 0. The molecule has 0 aliphatic heterocycles. The Hall–Kier alpha value is -2.59. The van der Waals surface area contributed by atoms with E-state index in [1.165, 1.54) is 27.8 Å². The summed E-state index contributed by atoms with van der Waals surface area (Å²) < 4.78 is 11.8. The van der Waals surface area contributed by atoms with Crippen LogP contribution in [0, 0.1) is 5.41 Å². The Morgan fingerprint density at radius 2 is 1.69 bits per heavy atom. The molecule has 0 amide bonds. The van der Waals surface area contributed by atoms with Gasteiger partial charge in [-0.3, -0.25) is 4.79 Å². The molecule has 0 aromatic heterocycles. The van der Waals surface area contributed by atoms with Crippen molar-refractivity contribution in [3.8, 4) is 11.5 Å². The number of carbonyl (C=O) groups excluding carboxylic acids is 1. The Morgan fingerprint density at radius 3 is 2.26 bits per heavy atom. The molecular weight excluding hydrogens is 520 g/mol. The van der Waals surface area contributed by atoms with Crippen LogP contribution in [0.4, 0.5) is 0 Å². The maximum atomic E-state index is 13.9. The van der Waals surface area contributed by atoms with Crippen LogP contribution in [0.3, 0.4) is 0 Å². The van der Waals surface area contributed by atoms with Gasteiger partial charge < -0.3 is 14.6 Å². The van der Waals surface area contributed by atoms with Crippen LogP contribution >= 0.6 is 0 Å². The van der Waals surface area contributed by atoms with Crippen LogP contribution < -0.4 is 9.47 Å². The number of methoxy groups -OCH3 is 2. The van der Waals surface area contributed by atoms with Crippen LogP contribution in [0.15, 0.2) is 29.8 Å². The van der Waals surface area contributed by atoms with Crippen molar-refractivity contribution in [1.29, 1.82) is 0 Å². The first-order valence-electron chi connectivity index (χ1n) is 16.0. The van der Waals surface area contributed by atoms with Crippen molar-refractivity contribution in [2.75, 3.05) is 14.2 Å². The number of allylic oxidation sites excluding steroid dienone is 2. The van der Waals surface area contributed by atoms with E-state index in [-0.39, 0.29) is 17.1 Å². The second kappa shape index (κ2) is 14.3. The molecule has 2 aromatic carbocycles.